The fourth-order valence-electron chi connectivity index (χ4n) is 8.08. The minimum Gasteiger partial charge on any atom is -0.494 e. The number of ether oxygens (including phenoxy) is 1. The van der Waals surface area contributed by atoms with E-state index in [9.17, 15) is 13.6 Å². The molecule has 4 aliphatic rings. The molecule has 0 radical (unpaired) electrons. The summed E-state index contributed by atoms with van der Waals surface area (Å²) in [5.74, 6) is -0.180. The molecule has 3 aromatic rings. The maximum Gasteiger partial charge on any atom is 0.247 e. The van der Waals surface area contributed by atoms with Crippen LogP contribution in [0.5, 0.6) is 5.75 Å². The minimum absolute atomic E-state index is 0.315. The second kappa shape index (κ2) is 16.1. The van der Waals surface area contributed by atoms with Gasteiger partial charge in [-0.3, -0.25) is 14.5 Å². The predicted molar refractivity (Wildman–Crippen MR) is 198 cm³/mol. The maximum absolute atomic E-state index is 14.7. The van der Waals surface area contributed by atoms with E-state index in [1.165, 1.54) is 55.5 Å². The molecule has 0 saturated carbocycles. The minimum atomic E-state index is -0.641. The van der Waals surface area contributed by atoms with Crippen molar-refractivity contribution in [1.29, 1.82) is 0 Å². The summed E-state index contributed by atoms with van der Waals surface area (Å²) in [4.78, 5) is 37.4. The summed E-state index contributed by atoms with van der Waals surface area (Å²) >= 11 is 0. The Morgan fingerprint density at radius 3 is 2.31 bits per heavy atom. The highest BCUT2D eigenvalue weighted by molar-refractivity contribution is 6.02. The number of piperidine rings is 2. The van der Waals surface area contributed by atoms with Crippen molar-refractivity contribution >= 4 is 34.6 Å². The van der Waals surface area contributed by atoms with Crippen LogP contribution in [-0.4, -0.2) is 116 Å². The van der Waals surface area contributed by atoms with Gasteiger partial charge in [0.1, 0.15) is 29.5 Å². The summed E-state index contributed by atoms with van der Waals surface area (Å²) in [7, 11) is 3.82. The van der Waals surface area contributed by atoms with Crippen LogP contribution in [0.25, 0.3) is 0 Å². The number of hydrogen-bond acceptors (Lipinski definition) is 11. The first-order valence-corrected chi connectivity index (χ1v) is 18.3. The second-order valence-corrected chi connectivity index (χ2v) is 14.1. The second-order valence-electron chi connectivity index (χ2n) is 14.1. The van der Waals surface area contributed by atoms with Crippen molar-refractivity contribution in [1.82, 2.24) is 24.7 Å². The van der Waals surface area contributed by atoms with Crippen LogP contribution in [0.2, 0.25) is 0 Å². The molecule has 4 aliphatic heterocycles. The van der Waals surface area contributed by atoms with Crippen LogP contribution in [0, 0.1) is 11.6 Å². The third kappa shape index (κ3) is 7.99. The number of likely N-dealkylation sites (N-methyl/N-ethyl adjacent to an activating group) is 1. The third-order valence-electron chi connectivity index (χ3n) is 11.0. The highest BCUT2D eigenvalue weighted by Crippen LogP contribution is 2.41. The van der Waals surface area contributed by atoms with Crippen molar-refractivity contribution in [2.45, 2.75) is 50.2 Å². The number of anilines is 5. The van der Waals surface area contributed by atoms with Gasteiger partial charge in [-0.05, 0) is 64.0 Å². The van der Waals surface area contributed by atoms with Gasteiger partial charge in [-0.25, -0.2) is 23.8 Å². The van der Waals surface area contributed by atoms with Gasteiger partial charge in [0.25, 0.3) is 0 Å². The van der Waals surface area contributed by atoms with Crippen LogP contribution in [0.15, 0.2) is 55.4 Å². The first kappa shape index (κ1) is 36.0. The molecule has 0 bridgehead atoms. The number of nitrogens with one attached hydrogen (secondary N) is 2. The number of piperazine rings is 1. The number of nitrogens with zero attached hydrogens (tertiary/aromatic N) is 7. The third-order valence-corrected chi connectivity index (χ3v) is 11.0. The Morgan fingerprint density at radius 2 is 1.62 bits per heavy atom. The number of carbonyl (C=O) groups is 1. The molecular formula is C38H49F2N9O3. The van der Waals surface area contributed by atoms with E-state index in [0.29, 0.717) is 59.4 Å². The molecule has 14 heteroatoms. The number of halogens is 2. The standard InChI is InChI=1S/C38H49F2N9O3/c1-4-38(50)44-31-22-32(43-36-24-37(42-25-41-36)49-33(11-20-52-49)29-6-5-26(39)21-30(29)40)35(51-3)23-34(31)48-14-9-27(10-15-48)46-12-7-28(8-13-46)47-18-16-45(2)17-19-47/h4-6,21-25,27-28,33H,1,7-20H2,2-3H3,(H,44,50)(H,41,42,43)/t33-/m1/s1. The topological polar surface area (TPSA) is 102 Å². The number of aromatic nitrogens is 2. The Morgan fingerprint density at radius 1 is 0.904 bits per heavy atom. The molecule has 1 atom stereocenters. The van der Waals surface area contributed by atoms with Gasteiger partial charge in [0.05, 0.1) is 36.8 Å². The van der Waals surface area contributed by atoms with Crippen LogP contribution >= 0.6 is 0 Å². The van der Waals surface area contributed by atoms with Gasteiger partial charge in [-0.2, -0.15) is 0 Å². The first-order valence-electron chi connectivity index (χ1n) is 18.3. The molecule has 0 spiro atoms. The SMILES string of the molecule is C=CC(=O)Nc1cc(Nc2cc(N3OCC[C@@H]3c3ccc(F)cc3F)ncn2)c(OC)cc1N1CCC(N2CCC(N3CCN(C)CC3)CC2)CC1. The zero-order valence-electron chi connectivity index (χ0n) is 30.1. The average molecular weight is 718 g/mol. The van der Waals surface area contributed by atoms with E-state index in [4.69, 9.17) is 9.57 Å². The molecule has 7 rings (SSSR count). The number of carbonyl (C=O) groups excluding carboxylic acids is 1. The Bertz CT molecular complexity index is 1720. The summed E-state index contributed by atoms with van der Waals surface area (Å²) in [6.45, 7) is 12.7. The summed E-state index contributed by atoms with van der Waals surface area (Å²) < 4.78 is 34.2. The molecule has 4 fully saturated rings. The lowest BCUT2D eigenvalue weighted by Gasteiger charge is -2.46. The van der Waals surface area contributed by atoms with E-state index in [1.807, 2.05) is 12.1 Å². The summed E-state index contributed by atoms with van der Waals surface area (Å²) in [6, 6.07) is 9.78. The predicted octanol–water partition coefficient (Wildman–Crippen LogP) is 5.20. The Kier molecular flexibility index (Phi) is 11.2. The molecule has 278 valence electrons. The monoisotopic (exact) mass is 717 g/mol. The van der Waals surface area contributed by atoms with E-state index in [2.05, 4.69) is 53.8 Å². The lowest BCUT2D eigenvalue weighted by molar-refractivity contribution is -0.111. The maximum atomic E-state index is 14.7. The number of rotatable bonds is 10. The summed E-state index contributed by atoms with van der Waals surface area (Å²) in [6.07, 6.45) is 7.70. The average Bonchev–Trinajstić information content (AvgIpc) is 3.65. The Hall–Kier alpha value is -4.37. The van der Waals surface area contributed by atoms with Crippen LogP contribution in [-0.2, 0) is 9.63 Å². The van der Waals surface area contributed by atoms with Gasteiger partial charge in [0, 0.05) is 81.5 Å². The zero-order valence-corrected chi connectivity index (χ0v) is 30.1. The molecule has 52 heavy (non-hydrogen) atoms. The summed E-state index contributed by atoms with van der Waals surface area (Å²) in [5.41, 5.74) is 2.41. The zero-order chi connectivity index (χ0) is 36.2. The molecular weight excluding hydrogens is 668 g/mol. The van der Waals surface area contributed by atoms with E-state index in [0.717, 1.165) is 63.9 Å². The van der Waals surface area contributed by atoms with E-state index in [1.54, 1.807) is 13.2 Å². The van der Waals surface area contributed by atoms with Crippen LogP contribution in [0.1, 0.15) is 43.7 Å². The van der Waals surface area contributed by atoms with Gasteiger partial charge >= 0.3 is 0 Å². The van der Waals surface area contributed by atoms with Gasteiger partial charge in [0.2, 0.25) is 5.91 Å². The van der Waals surface area contributed by atoms with Crippen molar-refractivity contribution in [2.24, 2.45) is 0 Å². The molecule has 2 aromatic carbocycles. The molecule has 12 nitrogen and oxygen atoms in total. The van der Waals surface area contributed by atoms with Crippen molar-refractivity contribution in [3.63, 3.8) is 0 Å². The van der Waals surface area contributed by atoms with E-state index < -0.39 is 17.7 Å². The molecule has 1 amide bonds. The van der Waals surface area contributed by atoms with E-state index >= 15 is 0 Å². The van der Waals surface area contributed by atoms with Gasteiger partial charge in [0.15, 0.2) is 5.82 Å². The number of methoxy groups -OCH3 is 1. The Balaban J connectivity index is 1.04. The van der Waals surface area contributed by atoms with Crippen molar-refractivity contribution < 1.29 is 23.1 Å². The number of likely N-dealkylation sites (tertiary alicyclic amines) is 1. The number of amides is 1. The highest BCUT2D eigenvalue weighted by atomic mass is 19.1. The van der Waals surface area contributed by atoms with Crippen molar-refractivity contribution in [3.05, 3.63) is 72.6 Å². The van der Waals surface area contributed by atoms with Crippen molar-refractivity contribution in [2.75, 3.05) is 93.7 Å². The lowest BCUT2D eigenvalue weighted by Crippen LogP contribution is -2.54. The molecule has 5 heterocycles. The molecule has 2 N–H and O–H groups in total. The van der Waals surface area contributed by atoms with Gasteiger partial charge in [-0.1, -0.05) is 12.6 Å². The molecule has 0 aliphatic carbocycles. The van der Waals surface area contributed by atoms with Crippen LogP contribution < -0.4 is 25.3 Å². The number of hydroxylamine groups is 1. The fourth-order valence-corrected chi connectivity index (χ4v) is 8.08. The van der Waals surface area contributed by atoms with Gasteiger partial charge < -0.3 is 30.1 Å². The smallest absolute Gasteiger partial charge is 0.247 e. The lowest BCUT2D eigenvalue weighted by atomic mass is 9.96. The normalized spacial score (nSPS) is 21.3. The molecule has 0 unspecified atom stereocenters. The fraction of sp³-hybridized carbons (Fsp3) is 0.500. The van der Waals surface area contributed by atoms with E-state index in [-0.39, 0.29) is 5.91 Å². The first-order chi connectivity index (χ1) is 25.3. The van der Waals surface area contributed by atoms with Crippen LogP contribution in [0.3, 0.4) is 0 Å². The van der Waals surface area contributed by atoms with Crippen molar-refractivity contribution in [3.8, 4) is 5.75 Å². The Labute approximate surface area is 304 Å². The quantitative estimate of drug-likeness (QED) is 0.271. The number of benzene rings is 2. The highest BCUT2D eigenvalue weighted by Gasteiger charge is 2.33. The molecule has 1 aromatic heterocycles. The van der Waals surface area contributed by atoms with Crippen LogP contribution in [0.4, 0.5) is 37.5 Å². The number of hydrogen-bond donors (Lipinski definition) is 2. The summed E-state index contributed by atoms with van der Waals surface area (Å²) in [5, 5.41) is 7.84. The largest absolute Gasteiger partial charge is 0.494 e. The molecule has 4 saturated heterocycles. The van der Waals surface area contributed by atoms with Gasteiger partial charge in [-0.15, -0.1) is 0 Å².